The Bertz CT molecular complexity index is 1390. The van der Waals surface area contributed by atoms with E-state index >= 15 is 0 Å². The monoisotopic (exact) mass is 516 g/mol. The molecule has 0 atom stereocenters. The first-order valence-electron chi connectivity index (χ1n) is 13.8. The molecule has 1 saturated heterocycles. The topological polar surface area (TPSA) is 74.7 Å². The second kappa shape index (κ2) is 11.9. The number of hydrogen-bond donors (Lipinski definition) is 1. The first-order valence-corrected chi connectivity index (χ1v) is 13.8. The molecule has 4 rings (SSSR count). The molecule has 0 unspecified atom stereocenters. The lowest BCUT2D eigenvalue weighted by molar-refractivity contribution is 0.0950. The van der Waals surface area contributed by atoms with E-state index in [0.29, 0.717) is 35.8 Å². The Morgan fingerprint density at radius 2 is 1.79 bits per heavy atom. The van der Waals surface area contributed by atoms with Crippen LogP contribution >= 0.6 is 0 Å². The number of hydrogen-bond acceptors (Lipinski definition) is 4. The number of amides is 2. The van der Waals surface area contributed by atoms with Crippen LogP contribution in [0.4, 0.5) is 5.69 Å². The number of aromatic nitrogens is 1. The van der Waals surface area contributed by atoms with Crippen LogP contribution < -0.4 is 15.8 Å². The van der Waals surface area contributed by atoms with Gasteiger partial charge < -0.3 is 19.7 Å². The number of carbonyl (C=O) groups is 2. The molecule has 0 saturated carbocycles. The SMILES string of the molecule is CCCCNC(=O)c1cc(N(C)C(=O)c2ccc3c(c2)c(C2CCN(C)CC2)cc(=O)n3CC)ccc1C. The Morgan fingerprint density at radius 3 is 2.47 bits per heavy atom. The molecule has 38 heavy (non-hydrogen) atoms. The Labute approximate surface area is 225 Å². The van der Waals surface area contributed by atoms with Crippen molar-refractivity contribution in [1.82, 2.24) is 14.8 Å². The van der Waals surface area contributed by atoms with E-state index < -0.39 is 0 Å². The molecule has 1 aromatic heterocycles. The number of unbranched alkanes of at least 4 members (excludes halogenated alkanes) is 1. The van der Waals surface area contributed by atoms with Gasteiger partial charge in [0.25, 0.3) is 17.4 Å². The number of carbonyl (C=O) groups excluding carboxylic acids is 2. The molecule has 0 spiro atoms. The maximum atomic E-state index is 13.7. The van der Waals surface area contributed by atoms with E-state index in [2.05, 4.69) is 24.2 Å². The molecule has 2 aromatic carbocycles. The third-order valence-corrected chi connectivity index (χ3v) is 7.84. The minimum absolute atomic E-state index is 0.00882. The fourth-order valence-electron chi connectivity index (χ4n) is 5.37. The van der Waals surface area contributed by atoms with Crippen LogP contribution in [-0.2, 0) is 6.54 Å². The van der Waals surface area contributed by atoms with Crippen molar-refractivity contribution in [2.45, 2.75) is 58.9 Å². The molecule has 3 aromatic rings. The summed E-state index contributed by atoms with van der Waals surface area (Å²) in [4.78, 5) is 43.3. The van der Waals surface area contributed by atoms with Crippen molar-refractivity contribution < 1.29 is 9.59 Å². The molecule has 7 heteroatoms. The van der Waals surface area contributed by atoms with Crippen LogP contribution in [-0.4, -0.2) is 55.0 Å². The summed E-state index contributed by atoms with van der Waals surface area (Å²) in [6.07, 6.45) is 3.92. The smallest absolute Gasteiger partial charge is 0.258 e. The van der Waals surface area contributed by atoms with Gasteiger partial charge in [0.15, 0.2) is 0 Å². The van der Waals surface area contributed by atoms with Crippen LogP contribution in [0.15, 0.2) is 47.3 Å². The summed E-state index contributed by atoms with van der Waals surface area (Å²) in [5.74, 6) is 0.0168. The maximum absolute atomic E-state index is 13.7. The van der Waals surface area contributed by atoms with Crippen LogP contribution in [0.1, 0.15) is 77.3 Å². The van der Waals surface area contributed by atoms with E-state index in [4.69, 9.17) is 0 Å². The number of fused-ring (bicyclic) bond motifs is 1. The lowest BCUT2D eigenvalue weighted by atomic mass is 9.87. The highest BCUT2D eigenvalue weighted by Crippen LogP contribution is 2.33. The van der Waals surface area contributed by atoms with Gasteiger partial charge in [-0.25, -0.2) is 0 Å². The summed E-state index contributed by atoms with van der Waals surface area (Å²) in [6.45, 7) is 9.15. The molecule has 1 N–H and O–H groups in total. The zero-order valence-electron chi connectivity index (χ0n) is 23.3. The number of nitrogens with one attached hydrogen (secondary N) is 1. The zero-order chi connectivity index (χ0) is 27.4. The minimum atomic E-state index is -0.156. The van der Waals surface area contributed by atoms with Gasteiger partial charge >= 0.3 is 0 Å². The molecule has 2 heterocycles. The van der Waals surface area contributed by atoms with Crippen molar-refractivity contribution in [3.63, 3.8) is 0 Å². The molecule has 1 fully saturated rings. The number of benzene rings is 2. The van der Waals surface area contributed by atoms with Crippen molar-refractivity contribution in [3.05, 3.63) is 75.1 Å². The summed E-state index contributed by atoms with van der Waals surface area (Å²) >= 11 is 0. The number of aryl methyl sites for hydroxylation is 2. The minimum Gasteiger partial charge on any atom is -0.352 e. The highest BCUT2D eigenvalue weighted by molar-refractivity contribution is 6.08. The van der Waals surface area contributed by atoms with Gasteiger partial charge in [0.05, 0.1) is 5.52 Å². The van der Waals surface area contributed by atoms with Crippen molar-refractivity contribution in [1.29, 1.82) is 0 Å². The second-order valence-corrected chi connectivity index (χ2v) is 10.5. The van der Waals surface area contributed by atoms with Gasteiger partial charge in [-0.3, -0.25) is 14.4 Å². The van der Waals surface area contributed by atoms with Gasteiger partial charge in [0, 0.05) is 48.4 Å². The molecule has 0 aliphatic carbocycles. The quantitative estimate of drug-likeness (QED) is 0.430. The average molecular weight is 517 g/mol. The van der Waals surface area contributed by atoms with Gasteiger partial charge in [-0.1, -0.05) is 19.4 Å². The normalized spacial score (nSPS) is 14.6. The Morgan fingerprint density at radius 1 is 1.05 bits per heavy atom. The predicted octanol–water partition coefficient (Wildman–Crippen LogP) is 4.95. The number of pyridine rings is 1. The third kappa shape index (κ3) is 5.68. The van der Waals surface area contributed by atoms with E-state index in [-0.39, 0.29) is 17.4 Å². The molecular formula is C31H40N4O3. The highest BCUT2D eigenvalue weighted by atomic mass is 16.2. The Kier molecular flexibility index (Phi) is 8.67. The predicted molar refractivity (Wildman–Crippen MR) is 155 cm³/mol. The van der Waals surface area contributed by atoms with E-state index in [9.17, 15) is 14.4 Å². The van der Waals surface area contributed by atoms with Crippen molar-refractivity contribution in [2.75, 3.05) is 38.6 Å². The number of likely N-dealkylation sites (tertiary alicyclic amines) is 1. The lowest BCUT2D eigenvalue weighted by Crippen LogP contribution is -2.30. The van der Waals surface area contributed by atoms with E-state index in [1.807, 2.05) is 38.1 Å². The highest BCUT2D eigenvalue weighted by Gasteiger charge is 2.23. The van der Waals surface area contributed by atoms with Gasteiger partial charge in [0.2, 0.25) is 0 Å². The maximum Gasteiger partial charge on any atom is 0.258 e. The van der Waals surface area contributed by atoms with Gasteiger partial charge in [0.1, 0.15) is 0 Å². The fourth-order valence-corrected chi connectivity index (χ4v) is 5.37. The zero-order valence-corrected chi connectivity index (χ0v) is 23.3. The lowest BCUT2D eigenvalue weighted by Gasteiger charge is -2.30. The first-order chi connectivity index (χ1) is 18.2. The number of anilines is 1. The Balaban J connectivity index is 1.69. The van der Waals surface area contributed by atoms with Crippen LogP contribution in [0, 0.1) is 6.92 Å². The van der Waals surface area contributed by atoms with Crippen LogP contribution in [0.25, 0.3) is 10.9 Å². The second-order valence-electron chi connectivity index (χ2n) is 10.5. The van der Waals surface area contributed by atoms with Crippen molar-refractivity contribution in [2.24, 2.45) is 0 Å². The van der Waals surface area contributed by atoms with Crippen molar-refractivity contribution >= 4 is 28.4 Å². The fraction of sp³-hybridized carbons (Fsp3) is 0.452. The molecular weight excluding hydrogens is 476 g/mol. The number of nitrogens with zero attached hydrogens (tertiary/aromatic N) is 3. The summed E-state index contributed by atoms with van der Waals surface area (Å²) < 4.78 is 1.77. The standard InChI is InChI=1S/C31H40N4O3/c1-6-8-15-32-30(37)25-19-24(11-9-21(25)3)34(5)31(38)23-10-12-28-27(18-23)26(20-29(36)35(28)7-2)22-13-16-33(4)17-14-22/h9-12,18-20,22H,6-8,13-17H2,1-5H3,(H,32,37). The van der Waals surface area contributed by atoms with E-state index in [1.54, 1.807) is 34.7 Å². The molecule has 1 aliphatic heterocycles. The summed E-state index contributed by atoms with van der Waals surface area (Å²) in [5, 5.41) is 3.94. The summed E-state index contributed by atoms with van der Waals surface area (Å²) in [6, 6.07) is 13.0. The molecule has 0 bridgehead atoms. The van der Waals surface area contributed by atoms with Gasteiger partial charge in [-0.2, -0.15) is 0 Å². The molecule has 0 radical (unpaired) electrons. The summed E-state index contributed by atoms with van der Waals surface area (Å²) in [5.41, 5.74) is 4.59. The van der Waals surface area contributed by atoms with Crippen LogP contribution in [0.3, 0.4) is 0 Å². The third-order valence-electron chi connectivity index (χ3n) is 7.84. The Hall–Kier alpha value is -3.45. The van der Waals surface area contributed by atoms with E-state index in [1.165, 1.54) is 0 Å². The molecule has 202 valence electrons. The molecule has 7 nitrogen and oxygen atoms in total. The van der Waals surface area contributed by atoms with E-state index in [0.717, 1.165) is 60.8 Å². The van der Waals surface area contributed by atoms with Crippen LogP contribution in [0.2, 0.25) is 0 Å². The number of piperidine rings is 1. The van der Waals surface area contributed by atoms with Gasteiger partial charge in [-0.15, -0.1) is 0 Å². The first kappa shape index (κ1) is 27.6. The summed E-state index contributed by atoms with van der Waals surface area (Å²) in [7, 11) is 3.86. The number of rotatable bonds is 8. The van der Waals surface area contributed by atoms with Crippen molar-refractivity contribution in [3.8, 4) is 0 Å². The molecule has 2 amide bonds. The van der Waals surface area contributed by atoms with Crippen LogP contribution in [0.5, 0.6) is 0 Å². The average Bonchev–Trinajstić information content (AvgIpc) is 2.92. The molecule has 1 aliphatic rings. The largest absolute Gasteiger partial charge is 0.352 e. The van der Waals surface area contributed by atoms with Gasteiger partial charge in [-0.05, 0) is 101 Å².